The van der Waals surface area contributed by atoms with E-state index in [2.05, 4.69) is 52.9 Å². The molecule has 3 rings (SSSR count). The minimum Gasteiger partial charge on any atom is -0.490 e. The Morgan fingerprint density at radius 2 is 1.88 bits per heavy atom. The number of aromatic nitrogens is 2. The van der Waals surface area contributed by atoms with Crippen molar-refractivity contribution in [3.05, 3.63) is 53.7 Å². The number of hydrogen-bond acceptors (Lipinski definition) is 5. The van der Waals surface area contributed by atoms with E-state index in [0.717, 1.165) is 29.7 Å². The number of benzene rings is 2. The second-order valence-corrected chi connectivity index (χ2v) is 6.45. The Bertz CT molecular complexity index is 826. The number of hydrogen-bond donors (Lipinski definition) is 4. The summed E-state index contributed by atoms with van der Waals surface area (Å²) in [4.78, 5) is 0. The van der Waals surface area contributed by atoms with Gasteiger partial charge in [0, 0.05) is 25.3 Å². The van der Waals surface area contributed by atoms with E-state index >= 15 is 0 Å². The molecule has 1 aromatic heterocycles. The van der Waals surface area contributed by atoms with Crippen LogP contribution in [-0.4, -0.2) is 47.6 Å². The Balaban J connectivity index is 1.37. The average molecular weight is 354 g/mol. The summed E-state index contributed by atoms with van der Waals surface area (Å²) < 4.78 is 5.73. The van der Waals surface area contributed by atoms with Gasteiger partial charge in [-0.15, -0.1) is 0 Å². The monoisotopic (exact) mass is 354 g/mol. The number of para-hydroxylation sites is 1. The van der Waals surface area contributed by atoms with Crippen LogP contribution in [-0.2, 0) is 0 Å². The molecule has 2 aromatic carbocycles. The fourth-order valence-corrected chi connectivity index (χ4v) is 2.95. The normalized spacial score (nSPS) is 12.3. The molecule has 1 heterocycles. The third kappa shape index (κ3) is 4.53. The first-order valence-electron chi connectivity index (χ1n) is 8.89. The highest BCUT2D eigenvalue weighted by Gasteiger charge is 2.08. The van der Waals surface area contributed by atoms with E-state index in [4.69, 9.17) is 4.74 Å². The molecule has 26 heavy (non-hydrogen) atoms. The van der Waals surface area contributed by atoms with Crippen molar-refractivity contribution in [3.8, 4) is 5.75 Å². The van der Waals surface area contributed by atoms with Crippen LogP contribution in [0.3, 0.4) is 0 Å². The van der Waals surface area contributed by atoms with Crippen LogP contribution in [0.4, 0.5) is 5.69 Å². The number of anilines is 1. The summed E-state index contributed by atoms with van der Waals surface area (Å²) >= 11 is 0. The number of aromatic amines is 1. The fourth-order valence-electron chi connectivity index (χ4n) is 2.95. The number of fused-ring (bicyclic) bond motifs is 1. The van der Waals surface area contributed by atoms with E-state index in [1.165, 1.54) is 16.8 Å². The van der Waals surface area contributed by atoms with Crippen LogP contribution in [0, 0.1) is 13.8 Å². The minimum absolute atomic E-state index is 0.238. The van der Waals surface area contributed by atoms with Crippen molar-refractivity contribution in [1.29, 1.82) is 0 Å². The summed E-state index contributed by atoms with van der Waals surface area (Å²) in [6, 6.07) is 12.0. The lowest BCUT2D eigenvalue weighted by Gasteiger charge is -2.15. The van der Waals surface area contributed by atoms with Crippen LogP contribution in [0.2, 0.25) is 0 Å². The van der Waals surface area contributed by atoms with Gasteiger partial charge < -0.3 is 20.5 Å². The zero-order valence-electron chi connectivity index (χ0n) is 15.2. The molecule has 6 nitrogen and oxygen atoms in total. The molecule has 4 N–H and O–H groups in total. The maximum Gasteiger partial charge on any atom is 0.130 e. The highest BCUT2D eigenvalue weighted by Crippen LogP contribution is 2.23. The summed E-state index contributed by atoms with van der Waals surface area (Å²) in [7, 11) is 0. The predicted molar refractivity (Wildman–Crippen MR) is 105 cm³/mol. The first-order valence-corrected chi connectivity index (χ1v) is 8.89. The molecule has 0 bridgehead atoms. The van der Waals surface area contributed by atoms with Crippen LogP contribution in [0.5, 0.6) is 5.75 Å². The number of rotatable bonds is 9. The molecule has 0 aliphatic carbocycles. The molecule has 6 heteroatoms. The lowest BCUT2D eigenvalue weighted by molar-refractivity contribution is 0.107. The number of H-pyrrole nitrogens is 1. The highest BCUT2D eigenvalue weighted by atomic mass is 16.5. The molecule has 0 amide bonds. The maximum atomic E-state index is 10.1. The molecular weight excluding hydrogens is 328 g/mol. The van der Waals surface area contributed by atoms with E-state index in [1.807, 2.05) is 18.2 Å². The quantitative estimate of drug-likeness (QED) is 0.444. The standard InChI is InChI=1S/C20H26N4O2/c1-14-5-3-6-15(2)20(14)22-10-9-21-11-16(25)13-26-19-8-4-7-18-17(19)12-23-24-18/h3-8,12,16,21-22,25H,9-11,13H2,1-2H3,(H,23,24)/t16-/m1/s1. The predicted octanol–water partition coefficient (Wildman–Crippen LogP) is 2.62. The molecule has 3 aromatic rings. The Labute approximate surface area is 153 Å². The van der Waals surface area contributed by atoms with Gasteiger partial charge in [0.25, 0.3) is 0 Å². The van der Waals surface area contributed by atoms with Gasteiger partial charge in [-0.3, -0.25) is 5.10 Å². The van der Waals surface area contributed by atoms with Gasteiger partial charge in [0.15, 0.2) is 0 Å². The lowest BCUT2D eigenvalue weighted by atomic mass is 10.1. The van der Waals surface area contributed by atoms with Gasteiger partial charge in [-0.05, 0) is 37.1 Å². The van der Waals surface area contributed by atoms with E-state index in [0.29, 0.717) is 6.54 Å². The van der Waals surface area contributed by atoms with Crippen LogP contribution < -0.4 is 15.4 Å². The van der Waals surface area contributed by atoms with Gasteiger partial charge in [-0.2, -0.15) is 5.10 Å². The number of aryl methyl sites for hydroxylation is 2. The van der Waals surface area contributed by atoms with Gasteiger partial charge in [0.05, 0.1) is 17.1 Å². The van der Waals surface area contributed by atoms with Crippen molar-refractivity contribution in [3.63, 3.8) is 0 Å². The van der Waals surface area contributed by atoms with Crippen molar-refractivity contribution in [2.45, 2.75) is 20.0 Å². The van der Waals surface area contributed by atoms with Crippen molar-refractivity contribution in [1.82, 2.24) is 15.5 Å². The molecule has 0 radical (unpaired) electrons. The molecule has 0 saturated heterocycles. The van der Waals surface area contributed by atoms with Crippen molar-refractivity contribution in [2.24, 2.45) is 0 Å². The van der Waals surface area contributed by atoms with E-state index in [1.54, 1.807) is 6.20 Å². The highest BCUT2D eigenvalue weighted by molar-refractivity contribution is 5.84. The van der Waals surface area contributed by atoms with Crippen LogP contribution in [0.15, 0.2) is 42.6 Å². The Morgan fingerprint density at radius 3 is 2.69 bits per heavy atom. The number of nitrogens with zero attached hydrogens (tertiary/aromatic N) is 1. The molecule has 0 spiro atoms. The van der Waals surface area contributed by atoms with Crippen LogP contribution in [0.25, 0.3) is 10.9 Å². The van der Waals surface area contributed by atoms with E-state index in [9.17, 15) is 5.11 Å². The topological polar surface area (TPSA) is 82.2 Å². The van der Waals surface area contributed by atoms with Crippen molar-refractivity contribution in [2.75, 3.05) is 31.6 Å². The Morgan fingerprint density at radius 1 is 1.12 bits per heavy atom. The summed E-state index contributed by atoms with van der Waals surface area (Å²) in [5.41, 5.74) is 4.60. The zero-order valence-corrected chi connectivity index (χ0v) is 15.2. The Hall–Kier alpha value is -2.57. The molecule has 0 aliphatic rings. The van der Waals surface area contributed by atoms with E-state index < -0.39 is 6.10 Å². The zero-order chi connectivity index (χ0) is 18.4. The molecule has 0 fully saturated rings. The van der Waals surface area contributed by atoms with Crippen LogP contribution >= 0.6 is 0 Å². The second kappa shape index (κ2) is 8.69. The minimum atomic E-state index is -0.572. The summed E-state index contributed by atoms with van der Waals surface area (Å²) in [5, 5.41) is 24.6. The SMILES string of the molecule is Cc1cccc(C)c1NCCNC[C@@H](O)COc1cccc2[nH]ncc12. The summed E-state index contributed by atoms with van der Waals surface area (Å²) in [6.07, 6.45) is 1.16. The van der Waals surface area contributed by atoms with Crippen molar-refractivity contribution >= 4 is 16.6 Å². The van der Waals surface area contributed by atoms with E-state index in [-0.39, 0.29) is 6.61 Å². The number of aliphatic hydroxyl groups is 1. The van der Waals surface area contributed by atoms with Crippen LogP contribution in [0.1, 0.15) is 11.1 Å². The smallest absolute Gasteiger partial charge is 0.130 e. The molecule has 1 atom stereocenters. The third-order valence-electron chi connectivity index (χ3n) is 4.34. The first kappa shape index (κ1) is 18.2. The largest absolute Gasteiger partial charge is 0.490 e. The molecule has 138 valence electrons. The maximum absolute atomic E-state index is 10.1. The van der Waals surface area contributed by atoms with Crippen molar-refractivity contribution < 1.29 is 9.84 Å². The van der Waals surface area contributed by atoms with Gasteiger partial charge in [-0.25, -0.2) is 0 Å². The molecular formula is C20H26N4O2. The van der Waals surface area contributed by atoms with Gasteiger partial charge in [-0.1, -0.05) is 24.3 Å². The van der Waals surface area contributed by atoms with Gasteiger partial charge in [0.2, 0.25) is 0 Å². The summed E-state index contributed by atoms with van der Waals surface area (Å²) in [6.45, 7) is 6.49. The molecule has 0 unspecified atom stereocenters. The third-order valence-corrected chi connectivity index (χ3v) is 4.34. The number of nitrogens with one attached hydrogen (secondary N) is 3. The number of ether oxygens (including phenoxy) is 1. The fraction of sp³-hybridized carbons (Fsp3) is 0.350. The molecule has 0 saturated carbocycles. The van der Waals surface area contributed by atoms with Gasteiger partial charge >= 0.3 is 0 Å². The second-order valence-electron chi connectivity index (χ2n) is 6.45. The lowest BCUT2D eigenvalue weighted by Crippen LogP contribution is -2.34. The average Bonchev–Trinajstić information content (AvgIpc) is 3.11. The molecule has 0 aliphatic heterocycles. The summed E-state index contributed by atoms with van der Waals surface area (Å²) in [5.74, 6) is 0.729. The number of aliphatic hydroxyl groups excluding tert-OH is 1. The Kier molecular flexibility index (Phi) is 6.09. The van der Waals surface area contributed by atoms with Gasteiger partial charge in [0.1, 0.15) is 18.5 Å². The first-order chi connectivity index (χ1) is 12.6.